The van der Waals surface area contributed by atoms with Crippen molar-refractivity contribution in [3.05, 3.63) is 0 Å². The zero-order valence-electron chi connectivity index (χ0n) is 5.73. The zero-order valence-corrected chi connectivity index (χ0v) is 9.74. The maximum absolute atomic E-state index is 0. The normalized spacial score (nSPS) is 0. The Kier molecular flexibility index (Phi) is 42100. The Morgan fingerprint density at radius 1 is 0.300 bits per heavy atom. The minimum absolute atomic E-state index is 0. The molecule has 0 atom stereocenters. The monoisotopic (exact) mass is 309 g/mol. The molecule has 0 aliphatic carbocycles. The molecule has 0 heterocycles. The Hall–Kier alpha value is 1.25. The molecule has 0 aromatic carbocycles. The van der Waals surface area contributed by atoms with Crippen molar-refractivity contribution in [2.24, 2.45) is 0 Å². The van der Waals surface area contributed by atoms with E-state index in [2.05, 4.69) is 0 Å². The Morgan fingerprint density at radius 2 is 0.300 bits per heavy atom. The van der Waals surface area contributed by atoms with Crippen LogP contribution in [0.1, 0.15) is 0 Å². The molecule has 18 N–H and O–H groups in total. The Morgan fingerprint density at radius 3 is 0.300 bits per heavy atom. The van der Waals surface area contributed by atoms with E-state index < -0.39 is 0 Å². The number of hydrogen-bond acceptors (Lipinski definition) is 6. The van der Waals surface area contributed by atoms with Gasteiger partial charge < -0.3 is 74.1 Å². The average Bonchev–Trinajstić information content (AvgIpc) is 0. The van der Waals surface area contributed by atoms with E-state index in [1.165, 1.54) is 0 Å². The van der Waals surface area contributed by atoms with Crippen LogP contribution in [0.4, 0.5) is 0 Å². The molecule has 10 heavy (non-hydrogen) atoms. The predicted octanol–water partition coefficient (Wildman–Crippen LogP) is -8.02. The first-order valence-electron chi connectivity index (χ1n) is 0. The zero-order chi connectivity index (χ0) is 0. The van der Waals surface area contributed by atoms with Gasteiger partial charge in [0, 0.05) is 0 Å². The molecule has 10 heteroatoms. The summed E-state index contributed by atoms with van der Waals surface area (Å²) in [6, 6.07) is 0. The van der Waals surface area contributed by atoms with Gasteiger partial charge in [-0.25, -0.2) is 0 Å². The molecule has 0 aromatic heterocycles. The Balaban J connectivity index is 0. The van der Waals surface area contributed by atoms with Crippen molar-refractivity contribution in [1.29, 1.82) is 0 Å². The third kappa shape index (κ3) is 401. The molecule has 0 aliphatic heterocycles. The molecule has 0 amide bonds. The molecule has 0 radical (unpaired) electrons. The predicted molar refractivity (Wildman–Crippen MR) is 30.1 cm³/mol. The van der Waals surface area contributed by atoms with Crippen molar-refractivity contribution in [2.45, 2.75) is 0 Å². The molecule has 0 rings (SSSR count). The molecule has 0 saturated heterocycles. The number of rotatable bonds is 0. The molecule has 0 aliphatic rings. The van der Waals surface area contributed by atoms with E-state index in [0.29, 0.717) is 0 Å². The number of hydrogen-bond donors (Lipinski definition) is 6. The first-order chi connectivity index (χ1) is 0. The van der Waals surface area contributed by atoms with E-state index in [0.717, 1.165) is 0 Å². The summed E-state index contributed by atoms with van der Waals surface area (Å²) in [5.41, 5.74) is 0. The number of halogens is 3. The van der Waals surface area contributed by atoms with Crippen molar-refractivity contribution in [3.63, 3.8) is 0 Å². The Bertz CT molecular complexity index is 13.0. The maximum atomic E-state index is 0. The fourth-order valence-electron chi connectivity index (χ4n) is 0. The third-order valence-electron chi connectivity index (χ3n) is 0. The van der Waals surface area contributed by atoms with E-state index in [1.54, 1.807) is 0 Å². The topological polar surface area (TPSA) is 210 Å². The summed E-state index contributed by atoms with van der Waals surface area (Å²) >= 11 is 0. The van der Waals surface area contributed by atoms with Gasteiger partial charge >= 0.3 is 19.5 Å². The van der Waals surface area contributed by atoms with E-state index in [-0.39, 0.29) is 93.6 Å². The van der Waals surface area contributed by atoms with Crippen LogP contribution in [0.5, 0.6) is 0 Å². The van der Waals surface area contributed by atoms with Gasteiger partial charge in [0.15, 0.2) is 0 Å². The second-order valence-corrected chi connectivity index (χ2v) is 0. The van der Waals surface area contributed by atoms with Gasteiger partial charge in [0.05, 0.1) is 0 Å². The summed E-state index contributed by atoms with van der Waals surface area (Å²) in [5.74, 6) is 0. The van der Waals surface area contributed by atoms with Gasteiger partial charge in [-0.3, -0.25) is 0 Å². The summed E-state index contributed by atoms with van der Waals surface area (Å²) in [4.78, 5) is 0. The van der Waals surface area contributed by atoms with E-state index in [9.17, 15) is 0 Å². The summed E-state index contributed by atoms with van der Waals surface area (Å²) < 4.78 is 0. The average molecular weight is 310 g/mol. The van der Waals surface area contributed by atoms with Crippen molar-refractivity contribution < 1.29 is 56.7 Å². The largest absolute Gasteiger partial charge is 2.00 e. The van der Waals surface area contributed by atoms with Gasteiger partial charge in [0.2, 0.25) is 0 Å². The van der Waals surface area contributed by atoms with Gasteiger partial charge in [-0.2, -0.15) is 0 Å². The van der Waals surface area contributed by atoms with E-state index in [1.807, 2.05) is 0 Å². The van der Waals surface area contributed by atoms with Crippen LogP contribution in [0.15, 0.2) is 0 Å². The van der Waals surface area contributed by atoms with Crippen LogP contribution in [-0.4, -0.2) is 0 Å². The smallest absolute Gasteiger partial charge is 1.00 e. The quantitative estimate of drug-likeness (QED) is 0.239. The van der Waals surface area contributed by atoms with Crippen LogP contribution in [-0.2, 0) is 19.5 Å². The minimum atomic E-state index is 0. The van der Waals surface area contributed by atoms with Crippen LogP contribution >= 0.6 is 0 Å². The minimum Gasteiger partial charge on any atom is -1.00 e. The first kappa shape index (κ1) is 753. The molecule has 0 bridgehead atoms. The summed E-state index contributed by atoms with van der Waals surface area (Å²) in [7, 11) is 0. The third-order valence-corrected chi connectivity index (χ3v) is 0. The molecule has 78 valence electrons. The molecule has 0 unspecified atom stereocenters. The van der Waals surface area contributed by atoms with Gasteiger partial charge in [-0.05, 0) is 0 Å². The van der Waals surface area contributed by atoms with Gasteiger partial charge in [0.25, 0.3) is 0 Å². The van der Waals surface area contributed by atoms with Crippen LogP contribution in [0, 0.1) is 0 Å². The van der Waals surface area contributed by atoms with Gasteiger partial charge in [-0.1, -0.05) is 0 Å². The van der Waals surface area contributed by atoms with Crippen LogP contribution in [0.25, 0.3) is 0 Å². The second kappa shape index (κ2) is 559. The van der Waals surface area contributed by atoms with Crippen LogP contribution < -0.4 is 74.1 Å². The second-order valence-electron chi connectivity index (χ2n) is 0. The van der Waals surface area contributed by atoms with E-state index in [4.69, 9.17) is 0 Å². The SMILES string of the molecule is N.N.N.N.N.N.[Cl-].[Cl-].[Cl-].[Ru+2]. The molecule has 0 fully saturated rings. The fourth-order valence-corrected chi connectivity index (χ4v) is 0. The summed E-state index contributed by atoms with van der Waals surface area (Å²) in [6.07, 6.45) is 0. The van der Waals surface area contributed by atoms with Crippen molar-refractivity contribution >= 4 is 0 Å². The Labute approximate surface area is 93.5 Å². The van der Waals surface area contributed by atoms with Gasteiger partial charge in [0.1, 0.15) is 0 Å². The molecular weight excluding hydrogens is 291 g/mol. The molecule has 0 saturated carbocycles. The van der Waals surface area contributed by atoms with Crippen molar-refractivity contribution in [2.75, 3.05) is 0 Å². The molecular formula is H18Cl3N6Ru-. The molecule has 0 aromatic rings. The fraction of sp³-hybridized carbons (Fsp3) is 0. The molecule has 0 spiro atoms. The first-order valence-corrected chi connectivity index (χ1v) is 0. The van der Waals surface area contributed by atoms with Gasteiger partial charge in [-0.15, -0.1) is 0 Å². The van der Waals surface area contributed by atoms with Crippen molar-refractivity contribution in [3.8, 4) is 0 Å². The summed E-state index contributed by atoms with van der Waals surface area (Å²) in [5, 5.41) is 0. The van der Waals surface area contributed by atoms with E-state index >= 15 is 0 Å². The molecule has 6 nitrogen and oxygen atoms in total. The van der Waals surface area contributed by atoms with Crippen LogP contribution in [0.3, 0.4) is 0 Å². The summed E-state index contributed by atoms with van der Waals surface area (Å²) in [6.45, 7) is 0. The van der Waals surface area contributed by atoms with Crippen LogP contribution in [0.2, 0.25) is 0 Å². The maximum Gasteiger partial charge on any atom is 2.00 e. The standard InChI is InChI=1S/3ClH.6H3N.Ru/h3*1H;6*1H3;/q;;;;;;;;;+2/p-3. The van der Waals surface area contributed by atoms with Crippen molar-refractivity contribution in [1.82, 2.24) is 36.9 Å².